The van der Waals surface area contributed by atoms with E-state index in [1.807, 2.05) is 0 Å². The summed E-state index contributed by atoms with van der Waals surface area (Å²) < 4.78 is 25.3. The van der Waals surface area contributed by atoms with Crippen molar-refractivity contribution in [2.75, 3.05) is 5.73 Å². The molecule has 0 spiro atoms. The van der Waals surface area contributed by atoms with E-state index in [1.54, 1.807) is 6.92 Å². The van der Waals surface area contributed by atoms with E-state index in [0.717, 1.165) is 6.07 Å². The number of hydrogen-bond donors (Lipinski definition) is 2. The van der Waals surface area contributed by atoms with Crippen LogP contribution in [0.2, 0.25) is 0 Å². The van der Waals surface area contributed by atoms with E-state index in [2.05, 4.69) is 0 Å². The van der Waals surface area contributed by atoms with Crippen LogP contribution in [0.3, 0.4) is 0 Å². The highest BCUT2D eigenvalue weighted by molar-refractivity contribution is 5.43. The molecule has 0 aromatic heterocycles. The smallest absolute Gasteiger partial charge is 0.181 e. The molecule has 4 N–H and O–H groups in total. The quantitative estimate of drug-likeness (QED) is 0.631. The minimum absolute atomic E-state index is 0.206. The van der Waals surface area contributed by atoms with Gasteiger partial charge in [-0.25, -0.2) is 8.78 Å². The molecule has 0 saturated heterocycles. The first-order valence-corrected chi connectivity index (χ1v) is 3.52. The van der Waals surface area contributed by atoms with Crippen LogP contribution in [0.1, 0.15) is 18.5 Å². The van der Waals surface area contributed by atoms with Crippen molar-refractivity contribution in [3.8, 4) is 0 Å². The van der Waals surface area contributed by atoms with Gasteiger partial charge in [0, 0.05) is 6.04 Å². The van der Waals surface area contributed by atoms with Crippen LogP contribution in [0.15, 0.2) is 12.1 Å². The standard InChI is InChI=1S/C8H10F2N2/c1-4(11)5-2-6(9)8(10)7(12)3-5/h2-4H,11-12H2,1H3. The Balaban J connectivity index is 3.21. The Kier molecular flexibility index (Phi) is 2.28. The van der Waals surface area contributed by atoms with E-state index in [-0.39, 0.29) is 11.7 Å². The Hall–Kier alpha value is -1.16. The molecule has 0 heterocycles. The van der Waals surface area contributed by atoms with Gasteiger partial charge in [0.15, 0.2) is 11.6 Å². The number of nitrogen functional groups attached to an aromatic ring is 1. The summed E-state index contributed by atoms with van der Waals surface area (Å²) in [4.78, 5) is 0. The van der Waals surface area contributed by atoms with E-state index in [4.69, 9.17) is 11.5 Å². The maximum Gasteiger partial charge on any atom is 0.181 e. The van der Waals surface area contributed by atoms with E-state index >= 15 is 0 Å². The maximum absolute atomic E-state index is 12.7. The molecule has 0 aliphatic heterocycles. The SMILES string of the molecule is CC(N)c1cc(N)c(F)c(F)c1. The van der Waals surface area contributed by atoms with Gasteiger partial charge in [-0.15, -0.1) is 0 Å². The Labute approximate surface area is 69.2 Å². The fourth-order valence-corrected chi connectivity index (χ4v) is 0.895. The van der Waals surface area contributed by atoms with E-state index in [1.165, 1.54) is 6.07 Å². The van der Waals surface area contributed by atoms with Gasteiger partial charge < -0.3 is 11.5 Å². The van der Waals surface area contributed by atoms with Gasteiger partial charge >= 0.3 is 0 Å². The minimum Gasteiger partial charge on any atom is -0.396 e. The van der Waals surface area contributed by atoms with E-state index in [9.17, 15) is 8.78 Å². The van der Waals surface area contributed by atoms with Gasteiger partial charge in [0.05, 0.1) is 5.69 Å². The lowest BCUT2D eigenvalue weighted by Gasteiger charge is -2.07. The molecule has 0 bridgehead atoms. The lowest BCUT2D eigenvalue weighted by atomic mass is 10.1. The number of rotatable bonds is 1. The van der Waals surface area contributed by atoms with Crippen molar-refractivity contribution in [3.63, 3.8) is 0 Å². The summed E-state index contributed by atoms with van der Waals surface area (Å²) in [6.07, 6.45) is 0. The Morgan fingerprint density at radius 2 is 1.92 bits per heavy atom. The summed E-state index contributed by atoms with van der Waals surface area (Å²) in [6, 6.07) is 2.04. The number of anilines is 1. The van der Waals surface area contributed by atoms with Crippen LogP contribution in [0.25, 0.3) is 0 Å². The molecule has 1 unspecified atom stereocenters. The topological polar surface area (TPSA) is 52.0 Å². The first kappa shape index (κ1) is 8.93. The van der Waals surface area contributed by atoms with E-state index in [0.29, 0.717) is 5.56 Å². The summed E-state index contributed by atoms with van der Waals surface area (Å²) in [5, 5.41) is 0. The van der Waals surface area contributed by atoms with Crippen molar-refractivity contribution in [2.24, 2.45) is 5.73 Å². The van der Waals surface area contributed by atoms with Gasteiger partial charge in [-0.05, 0) is 24.6 Å². The molecule has 1 atom stereocenters. The van der Waals surface area contributed by atoms with Crippen molar-refractivity contribution in [1.29, 1.82) is 0 Å². The summed E-state index contributed by atoms with van der Waals surface area (Å²) in [6.45, 7) is 1.67. The van der Waals surface area contributed by atoms with Crippen molar-refractivity contribution < 1.29 is 8.78 Å². The molecule has 12 heavy (non-hydrogen) atoms. The zero-order valence-electron chi connectivity index (χ0n) is 6.64. The van der Waals surface area contributed by atoms with Gasteiger partial charge in [-0.3, -0.25) is 0 Å². The third-order valence-corrected chi connectivity index (χ3v) is 1.60. The number of hydrogen-bond acceptors (Lipinski definition) is 2. The summed E-state index contributed by atoms with van der Waals surface area (Å²) in [7, 11) is 0. The molecule has 66 valence electrons. The van der Waals surface area contributed by atoms with Crippen LogP contribution in [0.5, 0.6) is 0 Å². The summed E-state index contributed by atoms with van der Waals surface area (Å²) >= 11 is 0. The van der Waals surface area contributed by atoms with Gasteiger partial charge in [-0.2, -0.15) is 0 Å². The normalized spacial score (nSPS) is 13.0. The van der Waals surface area contributed by atoms with Crippen LogP contribution in [-0.2, 0) is 0 Å². The molecule has 0 aliphatic carbocycles. The highest BCUT2D eigenvalue weighted by Crippen LogP contribution is 2.19. The molecule has 0 radical (unpaired) electrons. The second-order valence-electron chi connectivity index (χ2n) is 2.69. The Bertz CT molecular complexity index is 274. The van der Waals surface area contributed by atoms with Crippen LogP contribution in [0.4, 0.5) is 14.5 Å². The fourth-order valence-electron chi connectivity index (χ4n) is 0.895. The number of nitrogens with two attached hydrogens (primary N) is 2. The summed E-state index contributed by atoms with van der Waals surface area (Å²) in [5.74, 6) is -1.97. The van der Waals surface area contributed by atoms with Crippen LogP contribution in [0, 0.1) is 11.6 Å². The maximum atomic E-state index is 12.7. The van der Waals surface area contributed by atoms with Crippen LogP contribution >= 0.6 is 0 Å². The predicted molar refractivity (Wildman–Crippen MR) is 43.4 cm³/mol. The average molecular weight is 172 g/mol. The second kappa shape index (κ2) is 3.06. The first-order chi connectivity index (χ1) is 5.52. The molecule has 0 saturated carbocycles. The van der Waals surface area contributed by atoms with Crippen LogP contribution < -0.4 is 11.5 Å². The molecular weight excluding hydrogens is 162 g/mol. The molecule has 2 nitrogen and oxygen atoms in total. The highest BCUT2D eigenvalue weighted by atomic mass is 19.2. The average Bonchev–Trinajstić information content (AvgIpc) is 1.99. The molecule has 1 aromatic rings. The van der Waals surface area contributed by atoms with Gasteiger partial charge in [0.2, 0.25) is 0 Å². The van der Waals surface area contributed by atoms with Gasteiger partial charge in [0.1, 0.15) is 0 Å². The van der Waals surface area contributed by atoms with Gasteiger partial charge in [0.25, 0.3) is 0 Å². The minimum atomic E-state index is -1.01. The molecule has 0 amide bonds. The zero-order chi connectivity index (χ0) is 9.30. The van der Waals surface area contributed by atoms with Crippen molar-refractivity contribution >= 4 is 5.69 Å². The first-order valence-electron chi connectivity index (χ1n) is 3.52. The third kappa shape index (κ3) is 1.53. The van der Waals surface area contributed by atoms with Crippen molar-refractivity contribution in [3.05, 3.63) is 29.3 Å². The highest BCUT2D eigenvalue weighted by Gasteiger charge is 2.09. The molecular formula is C8H10F2N2. The predicted octanol–water partition coefficient (Wildman–Crippen LogP) is 1.57. The Morgan fingerprint density at radius 3 is 2.33 bits per heavy atom. The molecule has 1 aromatic carbocycles. The number of halogens is 2. The molecule has 0 fully saturated rings. The van der Waals surface area contributed by atoms with Crippen LogP contribution in [-0.4, -0.2) is 0 Å². The van der Waals surface area contributed by atoms with Crippen molar-refractivity contribution in [2.45, 2.75) is 13.0 Å². The van der Waals surface area contributed by atoms with Gasteiger partial charge in [-0.1, -0.05) is 0 Å². The zero-order valence-corrected chi connectivity index (χ0v) is 6.64. The lowest BCUT2D eigenvalue weighted by Crippen LogP contribution is -2.07. The lowest BCUT2D eigenvalue weighted by molar-refractivity contribution is 0.509. The Morgan fingerprint density at radius 1 is 1.33 bits per heavy atom. The largest absolute Gasteiger partial charge is 0.396 e. The third-order valence-electron chi connectivity index (χ3n) is 1.60. The molecule has 0 aliphatic rings. The molecule has 4 heteroatoms. The fraction of sp³-hybridized carbons (Fsp3) is 0.250. The molecule has 1 rings (SSSR count). The second-order valence-corrected chi connectivity index (χ2v) is 2.69. The summed E-state index contributed by atoms with van der Waals surface area (Å²) in [5.41, 5.74) is 10.9. The monoisotopic (exact) mass is 172 g/mol. The number of benzene rings is 1. The van der Waals surface area contributed by atoms with Crippen molar-refractivity contribution in [1.82, 2.24) is 0 Å². The van der Waals surface area contributed by atoms with E-state index < -0.39 is 11.6 Å².